The zero-order valence-corrected chi connectivity index (χ0v) is 21.7. The highest BCUT2D eigenvalue weighted by atomic mass is 31.2. The molecule has 206 valence electrons. The van der Waals surface area contributed by atoms with E-state index >= 15 is 0 Å². The molecule has 0 radical (unpaired) electrons. The van der Waals surface area contributed by atoms with Crippen molar-refractivity contribution in [2.75, 3.05) is 5.32 Å². The fourth-order valence-electron chi connectivity index (χ4n) is 4.82. The zero-order chi connectivity index (χ0) is 28.4. The molecule has 0 unspecified atom stereocenters. The van der Waals surface area contributed by atoms with E-state index in [1.807, 2.05) is 13.8 Å². The molecule has 2 aromatic heterocycles. The zero-order valence-electron chi connectivity index (χ0n) is 20.8. The highest BCUT2D eigenvalue weighted by Crippen LogP contribution is 2.43. The molecule has 39 heavy (non-hydrogen) atoms. The Morgan fingerprint density at radius 2 is 2.00 bits per heavy atom. The number of phosphoric acid groups is 1. The van der Waals surface area contributed by atoms with Gasteiger partial charge in [-0.25, -0.2) is 23.5 Å². The van der Waals surface area contributed by atoms with Gasteiger partial charge in [-0.2, -0.15) is 0 Å². The number of pyridine rings is 2. The predicted octanol–water partition coefficient (Wildman–Crippen LogP) is 2.65. The molecule has 2 aliphatic rings. The van der Waals surface area contributed by atoms with Crippen molar-refractivity contribution in [3.8, 4) is 17.1 Å². The molecule has 5 rings (SSSR count). The van der Waals surface area contributed by atoms with E-state index in [9.17, 15) is 28.4 Å². The molecule has 3 aromatic rings. The fraction of sp³-hybridized carbons (Fsp3) is 0.333. The van der Waals surface area contributed by atoms with Crippen molar-refractivity contribution in [3.63, 3.8) is 0 Å². The summed E-state index contributed by atoms with van der Waals surface area (Å²) < 4.78 is 40.9. The van der Waals surface area contributed by atoms with Crippen LogP contribution >= 0.6 is 7.82 Å². The summed E-state index contributed by atoms with van der Waals surface area (Å²) in [6.45, 7) is 5.02. The number of ether oxygens (including phenoxy) is 2. The van der Waals surface area contributed by atoms with Gasteiger partial charge in [0, 0.05) is 28.6 Å². The van der Waals surface area contributed by atoms with E-state index in [-0.39, 0.29) is 47.6 Å². The number of esters is 1. The van der Waals surface area contributed by atoms with Gasteiger partial charge in [-0.1, -0.05) is 6.92 Å². The normalized spacial score (nSPS) is 17.9. The van der Waals surface area contributed by atoms with Crippen LogP contribution in [-0.2, 0) is 37.4 Å². The minimum absolute atomic E-state index is 0.0294. The van der Waals surface area contributed by atoms with Crippen LogP contribution in [0.25, 0.3) is 22.3 Å². The van der Waals surface area contributed by atoms with Crippen LogP contribution in [0.3, 0.4) is 0 Å². The number of cyclic esters (lactones) is 1. The first kappa shape index (κ1) is 26.8. The Balaban J connectivity index is 1.71. The van der Waals surface area contributed by atoms with E-state index in [4.69, 9.17) is 14.5 Å². The number of aliphatic hydroxyl groups is 1. The van der Waals surface area contributed by atoms with Gasteiger partial charge < -0.3 is 29.0 Å². The Hall–Kier alpha value is -3.84. The van der Waals surface area contributed by atoms with Gasteiger partial charge >= 0.3 is 19.9 Å². The Kier molecular flexibility index (Phi) is 6.26. The summed E-state index contributed by atoms with van der Waals surface area (Å²) >= 11 is 0. The molecule has 0 bridgehead atoms. The van der Waals surface area contributed by atoms with Gasteiger partial charge in [0.2, 0.25) is 0 Å². The molecule has 4 heterocycles. The molecule has 0 aliphatic carbocycles. The van der Waals surface area contributed by atoms with Crippen LogP contribution in [0.15, 0.2) is 23.0 Å². The fourth-order valence-corrected chi connectivity index (χ4v) is 5.05. The maximum Gasteiger partial charge on any atom is 0.529 e. The molecule has 2 aliphatic heterocycles. The number of rotatable bonds is 5. The Morgan fingerprint density at radius 1 is 1.28 bits per heavy atom. The summed E-state index contributed by atoms with van der Waals surface area (Å²) in [5.74, 6) is -2.60. The summed E-state index contributed by atoms with van der Waals surface area (Å²) in [7, 11) is -5.23. The van der Waals surface area contributed by atoms with E-state index in [2.05, 4.69) is 19.6 Å². The molecule has 0 spiro atoms. The lowest BCUT2D eigenvalue weighted by Crippen LogP contribution is -2.44. The van der Waals surface area contributed by atoms with Gasteiger partial charge in [-0.3, -0.25) is 14.6 Å². The average molecular weight is 563 g/mol. The number of hydrogen-bond donors (Lipinski definition) is 4. The smallest absolute Gasteiger partial charge is 0.458 e. The SMILES string of the molecule is CC[C@@]1(O)C(=O)OCc2c1cc1n(c2=O)Cc2c-1nc1cc(F)c(OC(=O)OP(=O)(O)O)cc1c2NC(C)C. The minimum Gasteiger partial charge on any atom is -0.458 e. The number of carbonyl (C=O) groups is 2. The topological polar surface area (TPSA) is 187 Å². The number of hydrogen-bond acceptors (Lipinski definition) is 10. The predicted molar refractivity (Wildman–Crippen MR) is 132 cm³/mol. The van der Waals surface area contributed by atoms with Crippen molar-refractivity contribution >= 4 is 36.5 Å². The summed E-state index contributed by atoms with van der Waals surface area (Å²) in [5, 5.41) is 14.6. The van der Waals surface area contributed by atoms with Gasteiger partial charge in [0.1, 0.15) is 6.61 Å². The second kappa shape index (κ2) is 9.12. The summed E-state index contributed by atoms with van der Waals surface area (Å²) in [6.07, 6.45) is -1.84. The molecule has 0 saturated carbocycles. The van der Waals surface area contributed by atoms with E-state index in [0.29, 0.717) is 22.6 Å². The summed E-state index contributed by atoms with van der Waals surface area (Å²) in [4.78, 5) is 59.8. The molecule has 15 heteroatoms. The van der Waals surface area contributed by atoms with Gasteiger partial charge in [0.15, 0.2) is 17.2 Å². The molecule has 0 amide bonds. The van der Waals surface area contributed by atoms with Crippen molar-refractivity contribution in [1.29, 1.82) is 0 Å². The van der Waals surface area contributed by atoms with E-state index in [0.717, 1.165) is 12.1 Å². The largest absolute Gasteiger partial charge is 0.529 e. The van der Waals surface area contributed by atoms with Crippen molar-refractivity contribution in [2.45, 2.75) is 52.0 Å². The highest BCUT2D eigenvalue weighted by Gasteiger charge is 2.45. The van der Waals surface area contributed by atoms with Crippen LogP contribution < -0.4 is 15.6 Å². The number of aromatic nitrogens is 2. The van der Waals surface area contributed by atoms with Crippen LogP contribution in [0.2, 0.25) is 0 Å². The standard InChI is InChI=1S/C24H23FN3O10P/c1-4-24(32)14-6-17-20-12(8-28(17)21(29)13(14)9-36-22(24)30)19(26-10(2)3)11-5-18(15(25)7-16(11)27-20)37-23(31)38-39(33,34)35/h5-7,10,32H,4,8-9H2,1-3H3,(H,26,27)(H2,33,34,35)/t24-/m0/s1. The van der Waals surface area contributed by atoms with Crippen LogP contribution in [0.1, 0.15) is 43.9 Å². The third-order valence-electron chi connectivity index (χ3n) is 6.56. The molecule has 0 fully saturated rings. The first-order chi connectivity index (χ1) is 18.2. The van der Waals surface area contributed by atoms with Gasteiger partial charge in [0.05, 0.1) is 34.7 Å². The van der Waals surface area contributed by atoms with Gasteiger partial charge in [-0.05, 0) is 32.4 Å². The quantitative estimate of drug-likeness (QED) is 0.158. The van der Waals surface area contributed by atoms with Crippen LogP contribution in [0, 0.1) is 5.82 Å². The minimum atomic E-state index is -5.23. The average Bonchev–Trinajstić information content (AvgIpc) is 3.20. The highest BCUT2D eigenvalue weighted by molar-refractivity contribution is 7.46. The molecular weight excluding hydrogens is 540 g/mol. The summed E-state index contributed by atoms with van der Waals surface area (Å²) in [5.41, 5.74) is -0.500. The number of phosphoric ester groups is 1. The first-order valence-corrected chi connectivity index (χ1v) is 13.3. The van der Waals surface area contributed by atoms with Crippen molar-refractivity contribution in [2.24, 2.45) is 0 Å². The molecule has 1 atom stereocenters. The van der Waals surface area contributed by atoms with Crippen molar-refractivity contribution in [3.05, 3.63) is 51.1 Å². The van der Waals surface area contributed by atoms with Crippen molar-refractivity contribution in [1.82, 2.24) is 9.55 Å². The van der Waals surface area contributed by atoms with Crippen LogP contribution in [-0.4, -0.2) is 42.6 Å². The number of nitrogens with zero attached hydrogens (tertiary/aromatic N) is 2. The lowest BCUT2D eigenvalue weighted by molar-refractivity contribution is -0.172. The monoisotopic (exact) mass is 563 g/mol. The van der Waals surface area contributed by atoms with Crippen molar-refractivity contribution < 1.29 is 47.4 Å². The third-order valence-corrected chi connectivity index (χ3v) is 6.95. The van der Waals surface area contributed by atoms with Gasteiger partial charge in [-0.15, -0.1) is 0 Å². The van der Waals surface area contributed by atoms with Crippen LogP contribution in [0.4, 0.5) is 14.9 Å². The molecular formula is C24H23FN3O10P. The number of fused-ring (bicyclic) bond motifs is 5. The third kappa shape index (κ3) is 4.44. The van der Waals surface area contributed by atoms with E-state index < -0.39 is 42.7 Å². The first-order valence-electron chi connectivity index (χ1n) is 11.8. The molecule has 4 N–H and O–H groups in total. The Labute approximate surface area is 219 Å². The Bertz CT molecular complexity index is 1680. The number of anilines is 1. The number of nitrogens with one attached hydrogen (secondary N) is 1. The van der Waals surface area contributed by atoms with Crippen LogP contribution in [0.5, 0.6) is 5.75 Å². The van der Waals surface area contributed by atoms with E-state index in [1.54, 1.807) is 6.92 Å². The van der Waals surface area contributed by atoms with E-state index in [1.165, 1.54) is 10.6 Å². The molecule has 1 aromatic carbocycles. The van der Waals surface area contributed by atoms with Gasteiger partial charge in [0.25, 0.3) is 5.56 Å². The lowest BCUT2D eigenvalue weighted by atomic mass is 9.86. The number of halogens is 1. The maximum absolute atomic E-state index is 14.9. The summed E-state index contributed by atoms with van der Waals surface area (Å²) in [6, 6.07) is 3.46. The lowest BCUT2D eigenvalue weighted by Gasteiger charge is -2.31. The molecule has 0 saturated heterocycles. The number of benzene rings is 1. The molecule has 13 nitrogen and oxygen atoms in total. The second-order valence-corrected chi connectivity index (χ2v) is 10.6. The number of carbonyl (C=O) groups excluding carboxylic acids is 2. The Morgan fingerprint density at radius 3 is 2.64 bits per heavy atom. The second-order valence-electron chi connectivity index (χ2n) is 9.45. The maximum atomic E-state index is 14.9.